The van der Waals surface area contributed by atoms with Gasteiger partial charge in [-0.1, -0.05) is 0 Å². The third kappa shape index (κ3) is 4.57. The molecule has 122 valence electrons. The zero-order valence-corrected chi connectivity index (χ0v) is 13.2. The number of ether oxygens (including phenoxy) is 1. The molecule has 1 amide bonds. The number of nitrogens with zero attached hydrogens (tertiary/aromatic N) is 3. The largest absolute Gasteiger partial charge is 0.414 e. The van der Waals surface area contributed by atoms with Gasteiger partial charge >= 0.3 is 6.09 Å². The van der Waals surface area contributed by atoms with Crippen molar-refractivity contribution >= 4 is 18.0 Å². The molecular weight excluding hydrogens is 299 g/mol. The predicted molar refractivity (Wildman–Crippen MR) is 87.5 cm³/mol. The van der Waals surface area contributed by atoms with Crippen LogP contribution in [0.15, 0.2) is 53.5 Å². The third-order valence-electron chi connectivity index (χ3n) is 3.14. The average Bonchev–Trinajstić information content (AvgIpc) is 2.51. The Hall–Kier alpha value is -2.83. The fraction of sp³-hybridized carbons (Fsp3) is 0.250. The first-order chi connectivity index (χ1) is 11.0. The van der Waals surface area contributed by atoms with Gasteiger partial charge in [0.05, 0.1) is 11.9 Å². The molecule has 0 aliphatic carbocycles. The minimum absolute atomic E-state index is 0.308. The average molecular weight is 318 g/mol. The molecule has 6 nitrogen and oxygen atoms in total. The van der Waals surface area contributed by atoms with Crippen molar-refractivity contribution < 1.29 is 13.9 Å². The van der Waals surface area contributed by atoms with Crippen LogP contribution >= 0.6 is 0 Å². The second kappa shape index (κ2) is 7.44. The van der Waals surface area contributed by atoms with E-state index in [-0.39, 0.29) is 11.9 Å². The first-order valence-corrected chi connectivity index (χ1v) is 7.01. The topological polar surface area (TPSA) is 57.2 Å². The summed E-state index contributed by atoms with van der Waals surface area (Å²) in [5.41, 5.74) is 3.47. The highest BCUT2D eigenvalue weighted by molar-refractivity contribution is 5.74. The van der Waals surface area contributed by atoms with Crippen LogP contribution in [0.4, 0.5) is 14.9 Å². The van der Waals surface area contributed by atoms with Gasteiger partial charge in [0.1, 0.15) is 17.6 Å². The maximum atomic E-state index is 12.8. The smallest absolute Gasteiger partial charge is 0.412 e. The van der Waals surface area contributed by atoms with Crippen molar-refractivity contribution in [2.24, 2.45) is 5.10 Å². The molecule has 0 spiro atoms. The minimum atomic E-state index is -0.454. The quantitative estimate of drug-likeness (QED) is 0.685. The van der Waals surface area contributed by atoms with Crippen LogP contribution in [0, 0.1) is 5.82 Å². The summed E-state index contributed by atoms with van der Waals surface area (Å²) in [4.78, 5) is 14.9. The Morgan fingerprint density at radius 1 is 1.39 bits per heavy atom. The molecule has 1 aliphatic rings. The summed E-state index contributed by atoms with van der Waals surface area (Å²) >= 11 is 0. The Morgan fingerprint density at radius 3 is 2.74 bits per heavy atom. The lowest BCUT2D eigenvalue weighted by atomic mass is 10.2. The van der Waals surface area contributed by atoms with Crippen molar-refractivity contribution in [1.82, 2.24) is 9.80 Å². The fourth-order valence-corrected chi connectivity index (χ4v) is 1.84. The summed E-state index contributed by atoms with van der Waals surface area (Å²) in [6, 6.07) is 5.53. The fourth-order valence-electron chi connectivity index (χ4n) is 1.84. The monoisotopic (exact) mass is 318 g/mol. The minimum Gasteiger partial charge on any atom is -0.412 e. The lowest BCUT2D eigenvalue weighted by molar-refractivity contribution is 0.137. The summed E-state index contributed by atoms with van der Waals surface area (Å²) in [5, 5.41) is 4.13. The maximum Gasteiger partial charge on any atom is 0.414 e. The van der Waals surface area contributed by atoms with Gasteiger partial charge in [-0.3, -0.25) is 5.43 Å². The van der Waals surface area contributed by atoms with E-state index in [1.807, 2.05) is 18.1 Å². The number of rotatable bonds is 4. The molecule has 2 rings (SSSR count). The van der Waals surface area contributed by atoms with Gasteiger partial charge in [-0.25, -0.2) is 9.18 Å². The van der Waals surface area contributed by atoms with Crippen molar-refractivity contribution in [2.75, 3.05) is 26.6 Å². The molecular formula is C16H19FN4O2. The van der Waals surface area contributed by atoms with E-state index in [1.165, 1.54) is 17.0 Å². The van der Waals surface area contributed by atoms with Gasteiger partial charge in [0.25, 0.3) is 0 Å². The van der Waals surface area contributed by atoms with E-state index in [9.17, 15) is 9.18 Å². The van der Waals surface area contributed by atoms with E-state index in [2.05, 4.69) is 10.5 Å². The zero-order chi connectivity index (χ0) is 16.8. The molecule has 1 N–H and O–H groups in total. The molecule has 1 unspecified atom stereocenters. The van der Waals surface area contributed by atoms with Gasteiger partial charge in [0, 0.05) is 21.1 Å². The maximum absolute atomic E-state index is 12.8. The number of amides is 1. The Morgan fingerprint density at radius 2 is 2.09 bits per heavy atom. The number of hydrogen-bond acceptors (Lipinski definition) is 5. The standard InChI is InChI=1S/C16H19FN4O2/c1-20(2)16(22)23-15-5-4-10-21(3)14(15)11-18-19-13-8-6-12(17)7-9-13/h4-11,14,19H,1-3H3. The lowest BCUT2D eigenvalue weighted by Gasteiger charge is -2.28. The molecule has 0 aromatic heterocycles. The van der Waals surface area contributed by atoms with Crippen molar-refractivity contribution in [3.05, 3.63) is 54.2 Å². The highest BCUT2D eigenvalue weighted by Gasteiger charge is 2.22. The van der Waals surface area contributed by atoms with Crippen LogP contribution in [0.1, 0.15) is 0 Å². The molecule has 0 fully saturated rings. The molecule has 0 radical (unpaired) electrons. The Kier molecular flexibility index (Phi) is 5.35. The van der Waals surface area contributed by atoms with E-state index in [0.717, 1.165) is 0 Å². The van der Waals surface area contributed by atoms with Gasteiger partial charge in [-0.05, 0) is 42.6 Å². The number of benzene rings is 1. The van der Waals surface area contributed by atoms with Gasteiger partial charge in [-0.2, -0.15) is 5.10 Å². The number of hydrazone groups is 1. The third-order valence-corrected chi connectivity index (χ3v) is 3.14. The van der Waals surface area contributed by atoms with Crippen LogP contribution in [0.2, 0.25) is 0 Å². The first kappa shape index (κ1) is 16.5. The van der Waals surface area contributed by atoms with Crippen molar-refractivity contribution in [1.29, 1.82) is 0 Å². The molecule has 1 atom stereocenters. The first-order valence-electron chi connectivity index (χ1n) is 7.01. The molecule has 7 heteroatoms. The molecule has 1 aliphatic heterocycles. The van der Waals surface area contributed by atoms with E-state index < -0.39 is 6.09 Å². The number of likely N-dealkylation sites (N-methyl/N-ethyl adjacent to an activating group) is 1. The summed E-state index contributed by atoms with van der Waals surface area (Å²) in [6.45, 7) is 0. The van der Waals surface area contributed by atoms with Gasteiger partial charge < -0.3 is 14.5 Å². The molecule has 1 aromatic rings. The molecule has 1 heterocycles. The lowest BCUT2D eigenvalue weighted by Crippen LogP contribution is -2.36. The van der Waals surface area contributed by atoms with Crippen LogP contribution in [0.25, 0.3) is 0 Å². The van der Waals surface area contributed by atoms with Crippen LogP contribution in [-0.4, -0.2) is 49.3 Å². The van der Waals surface area contributed by atoms with Crippen molar-refractivity contribution in [2.45, 2.75) is 6.04 Å². The van der Waals surface area contributed by atoms with Crippen LogP contribution in [0.5, 0.6) is 0 Å². The number of anilines is 1. The Bertz CT molecular complexity index is 638. The highest BCUT2D eigenvalue weighted by atomic mass is 19.1. The SMILES string of the molecule is CN(C)C(=O)OC1=CC=CN(C)C1C=NNc1ccc(F)cc1. The van der Waals surface area contributed by atoms with E-state index in [0.29, 0.717) is 11.4 Å². The molecule has 1 aromatic carbocycles. The molecule has 23 heavy (non-hydrogen) atoms. The highest BCUT2D eigenvalue weighted by Crippen LogP contribution is 2.16. The number of carbonyl (C=O) groups is 1. The number of allylic oxidation sites excluding steroid dienone is 2. The van der Waals surface area contributed by atoms with Crippen LogP contribution in [0.3, 0.4) is 0 Å². The normalized spacial score (nSPS) is 17.1. The van der Waals surface area contributed by atoms with Crippen molar-refractivity contribution in [3.8, 4) is 0 Å². The molecule has 0 saturated heterocycles. The number of hydrogen-bond donors (Lipinski definition) is 1. The van der Waals surface area contributed by atoms with Crippen molar-refractivity contribution in [3.63, 3.8) is 0 Å². The van der Waals surface area contributed by atoms with Gasteiger partial charge in [-0.15, -0.1) is 0 Å². The summed E-state index contributed by atoms with van der Waals surface area (Å²) in [6.07, 6.45) is 6.51. The second-order valence-corrected chi connectivity index (χ2v) is 5.18. The molecule has 0 bridgehead atoms. The van der Waals surface area contributed by atoms with Gasteiger partial charge in [0.15, 0.2) is 0 Å². The van der Waals surface area contributed by atoms with Crippen LogP contribution in [-0.2, 0) is 4.74 Å². The summed E-state index contributed by atoms with van der Waals surface area (Å²) < 4.78 is 18.2. The Balaban J connectivity index is 2.04. The van der Waals surface area contributed by atoms with Crippen LogP contribution < -0.4 is 5.43 Å². The van der Waals surface area contributed by atoms with E-state index in [1.54, 1.807) is 44.6 Å². The molecule has 0 saturated carbocycles. The number of halogens is 1. The zero-order valence-electron chi connectivity index (χ0n) is 13.2. The van der Waals surface area contributed by atoms with E-state index in [4.69, 9.17) is 4.74 Å². The Labute approximate surface area is 134 Å². The van der Waals surface area contributed by atoms with E-state index >= 15 is 0 Å². The summed E-state index contributed by atoms with van der Waals surface area (Å²) in [7, 11) is 5.08. The second-order valence-electron chi connectivity index (χ2n) is 5.18. The number of carbonyl (C=O) groups excluding carboxylic acids is 1. The number of nitrogens with one attached hydrogen (secondary N) is 1. The van der Waals surface area contributed by atoms with Gasteiger partial charge in [0.2, 0.25) is 0 Å². The predicted octanol–water partition coefficient (Wildman–Crippen LogP) is 2.63. The summed E-state index contributed by atoms with van der Waals surface area (Å²) in [5.74, 6) is 0.163.